The number of aromatic nitrogens is 2. The number of ether oxygens (including phenoxy) is 1. The fraction of sp³-hybridized carbons (Fsp3) is 0.318. The summed E-state index contributed by atoms with van der Waals surface area (Å²) in [6.07, 6.45) is 2.22. The van der Waals surface area contributed by atoms with Gasteiger partial charge in [-0.2, -0.15) is 4.98 Å². The summed E-state index contributed by atoms with van der Waals surface area (Å²) in [5.74, 6) is 1.26. The maximum atomic E-state index is 13.0. The van der Waals surface area contributed by atoms with E-state index in [2.05, 4.69) is 17.1 Å². The minimum Gasteiger partial charge on any atom is -0.497 e. The number of nitro benzene ring substituents is 1. The molecule has 0 bridgehead atoms. The average molecular weight is 424 g/mol. The van der Waals surface area contributed by atoms with Gasteiger partial charge in [0.1, 0.15) is 5.75 Å². The molecule has 0 aliphatic rings. The summed E-state index contributed by atoms with van der Waals surface area (Å²) in [7, 11) is 1.58. The van der Waals surface area contributed by atoms with Gasteiger partial charge in [0.05, 0.1) is 12.0 Å². The van der Waals surface area contributed by atoms with Crippen molar-refractivity contribution >= 4 is 11.6 Å². The van der Waals surface area contributed by atoms with E-state index in [0.29, 0.717) is 42.3 Å². The van der Waals surface area contributed by atoms with Crippen molar-refractivity contribution in [3.8, 4) is 17.1 Å². The molecule has 1 amide bonds. The van der Waals surface area contributed by atoms with Crippen molar-refractivity contribution in [1.82, 2.24) is 15.0 Å². The van der Waals surface area contributed by atoms with E-state index in [1.54, 1.807) is 48.4 Å². The number of hydrogen-bond donors (Lipinski definition) is 0. The van der Waals surface area contributed by atoms with Crippen LogP contribution in [0, 0.1) is 10.1 Å². The number of hydrogen-bond acceptors (Lipinski definition) is 7. The zero-order chi connectivity index (χ0) is 22.2. The predicted molar refractivity (Wildman–Crippen MR) is 114 cm³/mol. The van der Waals surface area contributed by atoms with Gasteiger partial charge in [0.2, 0.25) is 11.7 Å². The topological polar surface area (TPSA) is 112 Å². The number of unbranched alkanes of at least 4 members (excludes halogenated alkanes) is 1. The molecule has 3 aromatic rings. The molecule has 0 radical (unpaired) electrons. The highest BCUT2D eigenvalue weighted by molar-refractivity contribution is 5.94. The van der Waals surface area contributed by atoms with Crippen molar-refractivity contribution < 1.29 is 19.0 Å². The van der Waals surface area contributed by atoms with Gasteiger partial charge in [0.15, 0.2) is 0 Å². The van der Waals surface area contributed by atoms with Gasteiger partial charge in [-0.25, -0.2) is 0 Å². The Morgan fingerprint density at radius 3 is 2.65 bits per heavy atom. The molecule has 0 spiro atoms. The van der Waals surface area contributed by atoms with Crippen molar-refractivity contribution in [2.45, 2.75) is 26.2 Å². The highest BCUT2D eigenvalue weighted by Gasteiger charge is 2.18. The summed E-state index contributed by atoms with van der Waals surface area (Å²) in [6.45, 7) is 3.11. The zero-order valence-electron chi connectivity index (χ0n) is 17.5. The van der Waals surface area contributed by atoms with E-state index in [-0.39, 0.29) is 17.4 Å². The lowest BCUT2D eigenvalue weighted by Gasteiger charge is -2.22. The van der Waals surface area contributed by atoms with Gasteiger partial charge in [-0.05, 0) is 30.7 Å². The fourth-order valence-electron chi connectivity index (χ4n) is 3.04. The first-order valence-corrected chi connectivity index (χ1v) is 10.0. The molecule has 0 aliphatic carbocycles. The summed E-state index contributed by atoms with van der Waals surface area (Å²) in [5, 5.41) is 14.9. The Morgan fingerprint density at radius 1 is 1.19 bits per heavy atom. The van der Waals surface area contributed by atoms with Crippen molar-refractivity contribution in [3.63, 3.8) is 0 Å². The third-order valence-corrected chi connectivity index (χ3v) is 4.78. The van der Waals surface area contributed by atoms with Gasteiger partial charge in [0, 0.05) is 42.8 Å². The lowest BCUT2D eigenvalue weighted by Crippen LogP contribution is -2.33. The van der Waals surface area contributed by atoms with Gasteiger partial charge in [-0.1, -0.05) is 30.6 Å². The van der Waals surface area contributed by atoms with Gasteiger partial charge < -0.3 is 14.2 Å². The van der Waals surface area contributed by atoms with Crippen LogP contribution in [0.2, 0.25) is 0 Å². The third-order valence-electron chi connectivity index (χ3n) is 4.78. The SMILES string of the molecule is CCCCN(CCc1nc(-c2cccc([N+](=O)[O-])c2)no1)C(=O)c1ccc(OC)cc1. The number of amides is 1. The molecule has 1 aromatic heterocycles. The normalized spacial score (nSPS) is 10.6. The van der Waals surface area contributed by atoms with Crippen molar-refractivity contribution in [1.29, 1.82) is 0 Å². The van der Waals surface area contributed by atoms with Gasteiger partial charge >= 0.3 is 0 Å². The Morgan fingerprint density at radius 2 is 1.97 bits per heavy atom. The van der Waals surface area contributed by atoms with Crippen LogP contribution in [0.1, 0.15) is 36.0 Å². The van der Waals surface area contributed by atoms with E-state index in [0.717, 1.165) is 12.8 Å². The highest BCUT2D eigenvalue weighted by atomic mass is 16.6. The van der Waals surface area contributed by atoms with Crippen LogP contribution in [0.4, 0.5) is 5.69 Å². The zero-order valence-corrected chi connectivity index (χ0v) is 17.5. The van der Waals surface area contributed by atoms with Crippen molar-refractivity contribution in [2.24, 2.45) is 0 Å². The number of carbonyl (C=O) groups is 1. The molecular formula is C22H24N4O5. The minimum atomic E-state index is -0.471. The number of methoxy groups -OCH3 is 1. The second-order valence-electron chi connectivity index (χ2n) is 6.94. The summed E-state index contributed by atoms with van der Waals surface area (Å²) in [5.41, 5.74) is 1.04. The first-order chi connectivity index (χ1) is 15.0. The lowest BCUT2D eigenvalue weighted by molar-refractivity contribution is -0.384. The number of nitrogens with zero attached hydrogens (tertiary/aromatic N) is 4. The Hall–Kier alpha value is -3.75. The smallest absolute Gasteiger partial charge is 0.270 e. The first kappa shape index (κ1) is 21.9. The van der Waals surface area contributed by atoms with Gasteiger partial charge in [-0.3, -0.25) is 14.9 Å². The Bertz CT molecular complexity index is 1030. The molecule has 0 N–H and O–H groups in total. The lowest BCUT2D eigenvalue weighted by atomic mass is 10.1. The number of rotatable bonds is 10. The van der Waals surface area contributed by atoms with E-state index in [9.17, 15) is 14.9 Å². The molecule has 9 heteroatoms. The maximum absolute atomic E-state index is 13.0. The molecule has 0 unspecified atom stereocenters. The molecule has 2 aromatic carbocycles. The quantitative estimate of drug-likeness (QED) is 0.355. The summed E-state index contributed by atoms with van der Waals surface area (Å²) in [6, 6.07) is 13.1. The van der Waals surface area contributed by atoms with Gasteiger partial charge in [0.25, 0.3) is 11.6 Å². The highest BCUT2D eigenvalue weighted by Crippen LogP contribution is 2.21. The van der Waals surface area contributed by atoms with E-state index in [1.165, 1.54) is 12.1 Å². The molecule has 0 fully saturated rings. The van der Waals surface area contributed by atoms with Crippen LogP contribution in [-0.2, 0) is 6.42 Å². The first-order valence-electron chi connectivity index (χ1n) is 10.0. The van der Waals surface area contributed by atoms with Crippen molar-refractivity contribution in [2.75, 3.05) is 20.2 Å². The summed E-state index contributed by atoms with van der Waals surface area (Å²) < 4.78 is 10.5. The van der Waals surface area contributed by atoms with Gasteiger partial charge in [-0.15, -0.1) is 0 Å². The predicted octanol–water partition coefficient (Wildman–Crippen LogP) is 4.14. The Kier molecular flexibility index (Phi) is 7.31. The average Bonchev–Trinajstić information content (AvgIpc) is 3.28. The number of nitro groups is 1. The second-order valence-corrected chi connectivity index (χ2v) is 6.94. The van der Waals surface area contributed by atoms with Crippen LogP contribution in [0.15, 0.2) is 53.1 Å². The van der Waals surface area contributed by atoms with Crippen LogP contribution >= 0.6 is 0 Å². The Labute approximate surface area is 179 Å². The third kappa shape index (κ3) is 5.65. The Balaban J connectivity index is 1.69. The minimum absolute atomic E-state index is 0.0420. The molecule has 3 rings (SSSR count). The summed E-state index contributed by atoms with van der Waals surface area (Å²) >= 11 is 0. The van der Waals surface area contributed by atoms with Crippen LogP contribution in [0.5, 0.6) is 5.75 Å². The fourth-order valence-corrected chi connectivity index (χ4v) is 3.04. The molecule has 0 saturated heterocycles. The molecule has 0 aliphatic heterocycles. The standard InChI is InChI=1S/C22H24N4O5/c1-3-4-13-25(22(27)16-8-10-19(30-2)11-9-16)14-12-20-23-21(24-31-20)17-6-5-7-18(15-17)26(28)29/h5-11,15H,3-4,12-14H2,1-2H3. The number of carbonyl (C=O) groups excluding carboxylic acids is 1. The van der Waals surface area contributed by atoms with Crippen LogP contribution in [0.25, 0.3) is 11.4 Å². The molecule has 0 saturated carbocycles. The van der Waals surface area contributed by atoms with E-state index < -0.39 is 4.92 Å². The molecule has 162 valence electrons. The molecule has 9 nitrogen and oxygen atoms in total. The number of benzene rings is 2. The number of non-ortho nitro benzene ring substituents is 1. The molecular weight excluding hydrogens is 400 g/mol. The van der Waals surface area contributed by atoms with Crippen LogP contribution in [-0.4, -0.2) is 46.1 Å². The summed E-state index contributed by atoms with van der Waals surface area (Å²) in [4.78, 5) is 29.5. The molecule has 1 heterocycles. The second kappa shape index (κ2) is 10.3. The van der Waals surface area contributed by atoms with E-state index in [1.807, 2.05) is 0 Å². The van der Waals surface area contributed by atoms with E-state index >= 15 is 0 Å². The largest absolute Gasteiger partial charge is 0.497 e. The monoisotopic (exact) mass is 424 g/mol. The van der Waals surface area contributed by atoms with Crippen LogP contribution < -0.4 is 4.74 Å². The maximum Gasteiger partial charge on any atom is 0.270 e. The van der Waals surface area contributed by atoms with Crippen LogP contribution in [0.3, 0.4) is 0 Å². The molecule has 0 atom stereocenters. The molecule has 31 heavy (non-hydrogen) atoms. The van der Waals surface area contributed by atoms with Crippen molar-refractivity contribution in [3.05, 3.63) is 70.1 Å². The van der Waals surface area contributed by atoms with E-state index in [4.69, 9.17) is 9.26 Å².